The van der Waals surface area contributed by atoms with Crippen molar-refractivity contribution in [3.05, 3.63) is 40.4 Å². The Morgan fingerprint density at radius 3 is 2.61 bits per heavy atom. The van der Waals surface area contributed by atoms with Gasteiger partial charge in [0.1, 0.15) is 5.82 Å². The lowest BCUT2D eigenvalue weighted by molar-refractivity contribution is -0.127. The summed E-state index contributed by atoms with van der Waals surface area (Å²) < 4.78 is 10.5. The molecular formula is C19H24ClN5O3. The fourth-order valence-electron chi connectivity index (χ4n) is 3.09. The summed E-state index contributed by atoms with van der Waals surface area (Å²) in [5, 5.41) is 7.45. The van der Waals surface area contributed by atoms with E-state index in [-0.39, 0.29) is 5.91 Å². The molecule has 1 aliphatic heterocycles. The molecule has 0 unspecified atom stereocenters. The third-order valence-electron chi connectivity index (χ3n) is 4.57. The molecule has 0 bridgehead atoms. The predicted octanol–water partition coefficient (Wildman–Crippen LogP) is 2.14. The number of rotatable bonds is 6. The number of amides is 1. The molecule has 8 nitrogen and oxygen atoms in total. The first-order valence-electron chi connectivity index (χ1n) is 8.99. The van der Waals surface area contributed by atoms with Gasteiger partial charge in [-0.15, -0.1) is 0 Å². The third-order valence-corrected chi connectivity index (χ3v) is 4.85. The summed E-state index contributed by atoms with van der Waals surface area (Å²) in [6, 6.07) is 3.52. The Morgan fingerprint density at radius 2 is 2.00 bits per heavy atom. The number of aryl methyl sites for hydroxylation is 1. The van der Waals surface area contributed by atoms with Crippen molar-refractivity contribution in [2.45, 2.75) is 13.5 Å². The number of hydrogen-bond donors (Lipinski definition) is 1. The monoisotopic (exact) mass is 405 g/mol. The van der Waals surface area contributed by atoms with E-state index in [2.05, 4.69) is 20.1 Å². The van der Waals surface area contributed by atoms with Crippen LogP contribution in [0.2, 0.25) is 5.02 Å². The van der Waals surface area contributed by atoms with E-state index >= 15 is 0 Å². The lowest BCUT2D eigenvalue weighted by atomic mass is 10.1. The van der Waals surface area contributed by atoms with E-state index in [1.54, 1.807) is 31.4 Å². The first kappa shape index (κ1) is 20.2. The van der Waals surface area contributed by atoms with Gasteiger partial charge in [0.05, 0.1) is 25.8 Å². The second-order valence-electron chi connectivity index (χ2n) is 6.51. The van der Waals surface area contributed by atoms with Crippen molar-refractivity contribution in [1.82, 2.24) is 25.0 Å². The van der Waals surface area contributed by atoms with Gasteiger partial charge in [-0.25, -0.2) is 4.98 Å². The molecule has 0 atom stereocenters. The summed E-state index contributed by atoms with van der Waals surface area (Å²) in [5.41, 5.74) is 0.773. The topological polar surface area (TPSA) is 83.6 Å². The van der Waals surface area contributed by atoms with Crippen molar-refractivity contribution in [2.75, 3.05) is 40.4 Å². The number of aromatic amines is 1. The van der Waals surface area contributed by atoms with Crippen LogP contribution in [0, 0.1) is 6.92 Å². The number of nitrogens with one attached hydrogen (secondary N) is 1. The fourth-order valence-corrected chi connectivity index (χ4v) is 3.39. The molecule has 9 heteroatoms. The number of nitrogens with zero attached hydrogens (tertiary/aromatic N) is 4. The van der Waals surface area contributed by atoms with Crippen molar-refractivity contribution in [2.24, 2.45) is 0 Å². The molecule has 2 aromatic rings. The van der Waals surface area contributed by atoms with Crippen LogP contribution in [0.3, 0.4) is 0 Å². The highest BCUT2D eigenvalue weighted by Gasteiger charge is 2.20. The standard InChI is InChI=1S/C19H24ClN5O3/c1-13-21-17(23-22-13)12-24-6-8-25(9-7-24)18(26)5-4-14-10-15(20)19(28-3)16(11-14)27-2/h4-5,10-11H,6-9,12H2,1-3H3,(H,21,22,23)/b5-4+. The lowest BCUT2D eigenvalue weighted by Gasteiger charge is -2.33. The van der Waals surface area contributed by atoms with Crippen LogP contribution in [-0.2, 0) is 11.3 Å². The van der Waals surface area contributed by atoms with E-state index in [1.165, 1.54) is 7.11 Å². The Labute approximate surface area is 169 Å². The first-order valence-corrected chi connectivity index (χ1v) is 9.36. The maximum Gasteiger partial charge on any atom is 0.246 e. The fraction of sp³-hybridized carbons (Fsp3) is 0.421. The van der Waals surface area contributed by atoms with Gasteiger partial charge < -0.3 is 14.4 Å². The number of carbonyl (C=O) groups is 1. The Bertz CT molecular complexity index is 859. The number of piperazine rings is 1. The van der Waals surface area contributed by atoms with Gasteiger partial charge in [-0.2, -0.15) is 5.10 Å². The summed E-state index contributed by atoms with van der Waals surface area (Å²) in [5.74, 6) is 2.56. The van der Waals surface area contributed by atoms with Crippen molar-refractivity contribution < 1.29 is 14.3 Å². The average molecular weight is 406 g/mol. The highest BCUT2D eigenvalue weighted by molar-refractivity contribution is 6.32. The molecule has 28 heavy (non-hydrogen) atoms. The maximum atomic E-state index is 12.5. The lowest BCUT2D eigenvalue weighted by Crippen LogP contribution is -2.47. The first-order chi connectivity index (χ1) is 13.5. The smallest absolute Gasteiger partial charge is 0.246 e. The van der Waals surface area contributed by atoms with Crippen LogP contribution in [0.5, 0.6) is 11.5 Å². The van der Waals surface area contributed by atoms with Gasteiger partial charge in [0.15, 0.2) is 17.3 Å². The molecule has 0 aliphatic carbocycles. The van der Waals surface area contributed by atoms with E-state index in [4.69, 9.17) is 21.1 Å². The molecule has 1 fully saturated rings. The summed E-state index contributed by atoms with van der Waals surface area (Å²) in [6.07, 6.45) is 3.30. The molecule has 0 saturated carbocycles. The van der Waals surface area contributed by atoms with Crippen LogP contribution in [0.25, 0.3) is 6.08 Å². The molecule has 1 amide bonds. The zero-order valence-corrected chi connectivity index (χ0v) is 17.0. The summed E-state index contributed by atoms with van der Waals surface area (Å²) in [7, 11) is 3.08. The molecule has 0 spiro atoms. The predicted molar refractivity (Wildman–Crippen MR) is 107 cm³/mol. The van der Waals surface area contributed by atoms with Crippen molar-refractivity contribution >= 4 is 23.6 Å². The third kappa shape index (κ3) is 4.82. The van der Waals surface area contributed by atoms with Crippen LogP contribution in [-0.4, -0.2) is 71.3 Å². The van der Waals surface area contributed by atoms with Gasteiger partial charge in [0, 0.05) is 32.3 Å². The molecule has 1 aromatic heterocycles. The Hall–Kier alpha value is -2.58. The minimum atomic E-state index is -0.0284. The SMILES string of the molecule is COc1cc(/C=C/C(=O)N2CCN(Cc3n[nH]c(C)n3)CC2)cc(Cl)c1OC. The minimum absolute atomic E-state index is 0.0284. The molecule has 1 N–H and O–H groups in total. The number of ether oxygens (including phenoxy) is 2. The van der Waals surface area contributed by atoms with Crippen molar-refractivity contribution in [3.63, 3.8) is 0 Å². The highest BCUT2D eigenvalue weighted by atomic mass is 35.5. The summed E-state index contributed by atoms with van der Waals surface area (Å²) >= 11 is 6.21. The van der Waals surface area contributed by atoms with Gasteiger partial charge in [-0.05, 0) is 30.7 Å². The molecule has 0 radical (unpaired) electrons. The van der Waals surface area contributed by atoms with Crippen LogP contribution in [0.1, 0.15) is 17.2 Å². The van der Waals surface area contributed by atoms with Gasteiger partial charge in [-0.1, -0.05) is 11.6 Å². The Kier molecular flexibility index (Phi) is 6.53. The van der Waals surface area contributed by atoms with Gasteiger partial charge in [-0.3, -0.25) is 14.8 Å². The average Bonchev–Trinajstić information content (AvgIpc) is 3.10. The molecule has 1 saturated heterocycles. The van der Waals surface area contributed by atoms with Gasteiger partial charge in [0.2, 0.25) is 5.91 Å². The van der Waals surface area contributed by atoms with E-state index < -0.39 is 0 Å². The number of halogens is 1. The molecule has 1 aliphatic rings. The Morgan fingerprint density at radius 1 is 1.25 bits per heavy atom. The van der Waals surface area contributed by atoms with Crippen LogP contribution < -0.4 is 9.47 Å². The normalized spacial score (nSPS) is 15.2. The van der Waals surface area contributed by atoms with Gasteiger partial charge in [0.25, 0.3) is 0 Å². The zero-order valence-electron chi connectivity index (χ0n) is 16.2. The minimum Gasteiger partial charge on any atom is -0.493 e. The number of H-pyrrole nitrogens is 1. The zero-order chi connectivity index (χ0) is 20.1. The van der Waals surface area contributed by atoms with E-state index in [1.807, 2.05) is 11.8 Å². The maximum absolute atomic E-state index is 12.5. The van der Waals surface area contributed by atoms with E-state index in [9.17, 15) is 4.79 Å². The number of aromatic nitrogens is 3. The molecule has 3 rings (SSSR count). The molecule has 150 valence electrons. The van der Waals surface area contributed by atoms with Crippen molar-refractivity contribution in [1.29, 1.82) is 0 Å². The largest absolute Gasteiger partial charge is 0.493 e. The van der Waals surface area contributed by atoms with E-state index in [0.717, 1.165) is 30.3 Å². The number of methoxy groups -OCH3 is 2. The number of hydrogen-bond acceptors (Lipinski definition) is 6. The van der Waals surface area contributed by atoms with Crippen LogP contribution >= 0.6 is 11.6 Å². The molecular weight excluding hydrogens is 382 g/mol. The summed E-state index contributed by atoms with van der Waals surface area (Å²) in [6.45, 7) is 5.47. The second-order valence-corrected chi connectivity index (χ2v) is 6.92. The number of benzene rings is 1. The second kappa shape index (κ2) is 9.07. The number of carbonyl (C=O) groups excluding carboxylic acids is 1. The molecule has 1 aromatic carbocycles. The van der Waals surface area contributed by atoms with Crippen LogP contribution in [0.4, 0.5) is 0 Å². The van der Waals surface area contributed by atoms with Crippen LogP contribution in [0.15, 0.2) is 18.2 Å². The molecule has 2 heterocycles. The van der Waals surface area contributed by atoms with Crippen molar-refractivity contribution in [3.8, 4) is 11.5 Å². The van der Waals surface area contributed by atoms with Gasteiger partial charge >= 0.3 is 0 Å². The quantitative estimate of drug-likeness (QED) is 0.741. The van der Waals surface area contributed by atoms with E-state index in [0.29, 0.717) is 36.2 Å². The highest BCUT2D eigenvalue weighted by Crippen LogP contribution is 2.36. The summed E-state index contributed by atoms with van der Waals surface area (Å²) in [4.78, 5) is 20.9. The Balaban J connectivity index is 1.56.